The molecule has 136 valence electrons. The number of rotatable bonds is 8. The van der Waals surface area contributed by atoms with Crippen molar-refractivity contribution in [1.29, 1.82) is 0 Å². The third-order valence-corrected chi connectivity index (χ3v) is 5.00. The second-order valence-corrected chi connectivity index (χ2v) is 7.08. The molecule has 3 rings (SSSR count). The first kappa shape index (κ1) is 18.2. The number of amides is 1. The van der Waals surface area contributed by atoms with Crippen molar-refractivity contribution in [2.45, 2.75) is 19.8 Å². The number of oxazole rings is 1. The smallest absolute Gasteiger partial charge is 0.236 e. The van der Waals surface area contributed by atoms with Crippen LogP contribution in [-0.4, -0.2) is 31.0 Å². The van der Waals surface area contributed by atoms with Gasteiger partial charge in [-0.1, -0.05) is 24.3 Å². The number of anilines is 1. The Hall–Kier alpha value is -2.60. The third-order valence-electron chi connectivity index (χ3n) is 4.14. The van der Waals surface area contributed by atoms with Gasteiger partial charge in [-0.2, -0.15) is 0 Å². The monoisotopic (exact) mass is 369 g/mol. The van der Waals surface area contributed by atoms with Gasteiger partial charge in [0.2, 0.25) is 11.8 Å². The molecule has 0 spiro atoms. The third kappa shape index (κ3) is 4.73. The summed E-state index contributed by atoms with van der Waals surface area (Å²) < 4.78 is 5.68. The van der Waals surface area contributed by atoms with Crippen molar-refractivity contribution in [2.24, 2.45) is 0 Å². The van der Waals surface area contributed by atoms with E-state index >= 15 is 0 Å². The molecule has 0 aliphatic rings. The van der Waals surface area contributed by atoms with E-state index < -0.39 is 0 Å². The van der Waals surface area contributed by atoms with Crippen molar-refractivity contribution < 1.29 is 9.21 Å². The molecule has 1 amide bonds. The Bertz CT molecular complexity index is 828. The van der Waals surface area contributed by atoms with E-state index in [1.54, 1.807) is 11.3 Å². The van der Waals surface area contributed by atoms with E-state index in [2.05, 4.69) is 34.4 Å². The molecular weight excluding hydrogens is 346 g/mol. The van der Waals surface area contributed by atoms with E-state index in [9.17, 15) is 4.79 Å². The van der Waals surface area contributed by atoms with Gasteiger partial charge in [0.25, 0.3) is 0 Å². The molecule has 0 saturated heterocycles. The predicted molar refractivity (Wildman–Crippen MR) is 106 cm³/mol. The van der Waals surface area contributed by atoms with Crippen molar-refractivity contribution in [3.63, 3.8) is 0 Å². The number of para-hydroxylation sites is 1. The second kappa shape index (κ2) is 8.67. The molecule has 1 N–H and O–H groups in total. The van der Waals surface area contributed by atoms with Gasteiger partial charge in [0.15, 0.2) is 0 Å². The number of hydrogen-bond acceptors (Lipinski definition) is 5. The summed E-state index contributed by atoms with van der Waals surface area (Å²) in [5, 5.41) is 4.94. The van der Waals surface area contributed by atoms with Crippen LogP contribution in [0.5, 0.6) is 0 Å². The number of aryl methyl sites for hydroxylation is 1. The van der Waals surface area contributed by atoms with Crippen molar-refractivity contribution in [1.82, 2.24) is 10.3 Å². The topological polar surface area (TPSA) is 58.4 Å². The lowest BCUT2D eigenvalue weighted by molar-refractivity contribution is -0.120. The SMILES string of the molecule is Cc1oc(-c2cccs2)nc1CC(=O)NCCCN(C)c1ccccc1. The maximum atomic E-state index is 12.2. The number of hydrogen-bond donors (Lipinski definition) is 1. The fourth-order valence-corrected chi connectivity index (χ4v) is 3.32. The van der Waals surface area contributed by atoms with Crippen molar-refractivity contribution in [3.05, 3.63) is 59.3 Å². The minimum absolute atomic E-state index is 0.0264. The highest BCUT2D eigenvalue weighted by atomic mass is 32.1. The fraction of sp³-hybridized carbons (Fsp3) is 0.300. The van der Waals surface area contributed by atoms with E-state index in [1.807, 2.05) is 42.6 Å². The Morgan fingerprint density at radius 2 is 2.04 bits per heavy atom. The quantitative estimate of drug-likeness (QED) is 0.612. The minimum Gasteiger partial charge on any atom is -0.440 e. The maximum Gasteiger partial charge on any atom is 0.236 e. The Morgan fingerprint density at radius 1 is 1.23 bits per heavy atom. The number of carbonyl (C=O) groups is 1. The molecular formula is C20H23N3O2S. The number of nitrogens with zero attached hydrogens (tertiary/aromatic N) is 2. The van der Waals surface area contributed by atoms with Crippen LogP contribution in [0.3, 0.4) is 0 Å². The van der Waals surface area contributed by atoms with E-state index in [1.165, 1.54) is 5.69 Å². The van der Waals surface area contributed by atoms with E-state index in [4.69, 9.17) is 4.42 Å². The zero-order valence-corrected chi connectivity index (χ0v) is 15.9. The van der Waals surface area contributed by atoms with Gasteiger partial charge in [-0.25, -0.2) is 4.98 Å². The lowest BCUT2D eigenvalue weighted by Crippen LogP contribution is -2.29. The van der Waals surface area contributed by atoms with E-state index in [0.29, 0.717) is 23.9 Å². The highest BCUT2D eigenvalue weighted by molar-refractivity contribution is 7.13. The predicted octanol–water partition coefficient (Wildman–Crippen LogP) is 3.90. The van der Waals surface area contributed by atoms with Crippen molar-refractivity contribution in [3.8, 4) is 10.8 Å². The van der Waals surface area contributed by atoms with Gasteiger partial charge in [-0.15, -0.1) is 11.3 Å². The Balaban J connectivity index is 1.43. The van der Waals surface area contributed by atoms with Gasteiger partial charge >= 0.3 is 0 Å². The standard InChI is InChI=1S/C20H23N3O2S/c1-15-17(22-20(25-15)18-10-6-13-26-18)14-19(24)21-11-7-12-23(2)16-8-4-3-5-9-16/h3-6,8-10,13H,7,11-12,14H2,1-2H3,(H,21,24). The molecule has 0 bridgehead atoms. The van der Waals surface area contributed by atoms with Crippen LogP contribution in [0.15, 0.2) is 52.3 Å². The largest absolute Gasteiger partial charge is 0.440 e. The molecule has 0 fully saturated rings. The first-order valence-corrected chi connectivity index (χ1v) is 9.54. The first-order valence-electron chi connectivity index (χ1n) is 8.66. The lowest BCUT2D eigenvalue weighted by Gasteiger charge is -2.19. The first-order chi connectivity index (χ1) is 12.6. The van der Waals surface area contributed by atoms with Crippen LogP contribution in [0.4, 0.5) is 5.69 Å². The molecule has 3 aromatic rings. The lowest BCUT2D eigenvalue weighted by atomic mass is 10.2. The molecule has 26 heavy (non-hydrogen) atoms. The molecule has 0 unspecified atom stereocenters. The molecule has 0 saturated carbocycles. The van der Waals surface area contributed by atoms with Crippen LogP contribution >= 0.6 is 11.3 Å². The van der Waals surface area contributed by atoms with Crippen LogP contribution in [0.1, 0.15) is 17.9 Å². The Kier molecular flexibility index (Phi) is 6.07. The maximum absolute atomic E-state index is 12.2. The van der Waals surface area contributed by atoms with Gasteiger partial charge in [0, 0.05) is 25.8 Å². The van der Waals surface area contributed by atoms with Crippen LogP contribution in [-0.2, 0) is 11.2 Å². The van der Waals surface area contributed by atoms with Gasteiger partial charge in [-0.3, -0.25) is 4.79 Å². The molecule has 1 aromatic carbocycles. The summed E-state index contributed by atoms with van der Waals surface area (Å²) in [6.45, 7) is 3.38. The zero-order valence-electron chi connectivity index (χ0n) is 15.1. The fourth-order valence-electron chi connectivity index (χ4n) is 2.67. The summed E-state index contributed by atoms with van der Waals surface area (Å²) in [5.41, 5.74) is 1.88. The molecule has 0 aliphatic heterocycles. The molecule has 0 aliphatic carbocycles. The Labute approximate surface area is 157 Å². The van der Waals surface area contributed by atoms with Gasteiger partial charge in [0.1, 0.15) is 5.76 Å². The van der Waals surface area contributed by atoms with Crippen LogP contribution in [0, 0.1) is 6.92 Å². The van der Waals surface area contributed by atoms with Crippen LogP contribution in [0.25, 0.3) is 10.8 Å². The van der Waals surface area contributed by atoms with Crippen molar-refractivity contribution in [2.75, 3.05) is 25.0 Å². The molecule has 0 radical (unpaired) electrons. The highest BCUT2D eigenvalue weighted by Crippen LogP contribution is 2.26. The van der Waals surface area contributed by atoms with Crippen LogP contribution < -0.4 is 10.2 Å². The molecule has 2 heterocycles. The summed E-state index contributed by atoms with van der Waals surface area (Å²) in [6.07, 6.45) is 1.13. The average molecular weight is 369 g/mol. The van der Waals surface area contributed by atoms with Crippen LogP contribution in [0.2, 0.25) is 0 Å². The normalized spacial score (nSPS) is 10.7. The number of thiophene rings is 1. The molecule has 5 nitrogen and oxygen atoms in total. The van der Waals surface area contributed by atoms with Gasteiger partial charge in [0.05, 0.1) is 17.0 Å². The summed E-state index contributed by atoms with van der Waals surface area (Å²) in [5.74, 6) is 1.26. The van der Waals surface area contributed by atoms with Gasteiger partial charge < -0.3 is 14.6 Å². The summed E-state index contributed by atoms with van der Waals surface area (Å²) in [6, 6.07) is 14.1. The summed E-state index contributed by atoms with van der Waals surface area (Å²) >= 11 is 1.57. The van der Waals surface area contributed by atoms with E-state index in [-0.39, 0.29) is 12.3 Å². The number of benzene rings is 1. The second-order valence-electron chi connectivity index (χ2n) is 6.14. The number of carbonyl (C=O) groups excluding carboxylic acids is 1. The number of nitrogens with one attached hydrogen (secondary N) is 1. The van der Waals surface area contributed by atoms with Gasteiger partial charge in [-0.05, 0) is 36.9 Å². The summed E-state index contributed by atoms with van der Waals surface area (Å²) in [4.78, 5) is 19.8. The average Bonchev–Trinajstić information content (AvgIpc) is 3.30. The zero-order chi connectivity index (χ0) is 18.4. The molecule has 6 heteroatoms. The number of aromatic nitrogens is 1. The Morgan fingerprint density at radius 3 is 2.77 bits per heavy atom. The highest BCUT2D eigenvalue weighted by Gasteiger charge is 2.15. The minimum atomic E-state index is -0.0264. The van der Waals surface area contributed by atoms with E-state index in [0.717, 1.165) is 17.8 Å². The molecule has 0 atom stereocenters. The van der Waals surface area contributed by atoms with Crippen molar-refractivity contribution >= 4 is 22.9 Å². The molecule has 2 aromatic heterocycles. The summed E-state index contributed by atoms with van der Waals surface area (Å²) in [7, 11) is 2.06.